The smallest absolute Gasteiger partial charge is 0.274 e. The minimum atomic E-state index is -0.426. The zero-order chi connectivity index (χ0) is 20.4. The van der Waals surface area contributed by atoms with E-state index in [1.54, 1.807) is 0 Å². The molecule has 1 aliphatic heterocycles. The number of aromatic nitrogens is 3. The second-order valence-electron chi connectivity index (χ2n) is 7.60. The molecule has 29 heavy (non-hydrogen) atoms. The van der Waals surface area contributed by atoms with E-state index in [-0.39, 0.29) is 11.6 Å². The lowest BCUT2D eigenvalue weighted by molar-refractivity contribution is 0.0943. The van der Waals surface area contributed by atoms with Crippen LogP contribution in [0.3, 0.4) is 0 Å². The van der Waals surface area contributed by atoms with E-state index in [1.807, 2.05) is 12.1 Å². The molecule has 4 rings (SSSR count). The molecular weight excluding hydrogens is 386 g/mol. The molecule has 0 aliphatic carbocycles. The standard InChI is InChI=1S/C21H25N5O2S/c1-3-15-6-8-16(9-7-15)12-22-19(28)17-11-18(27)23-20-26(17)24-21(29-20)25-10-4-5-14(2)13-25/h6-9,11,14H,3-5,10,12-13H2,1-2H3,(H,22,28). The summed E-state index contributed by atoms with van der Waals surface area (Å²) in [5.74, 6) is 0.272. The number of nitrogens with zero attached hydrogens (tertiary/aromatic N) is 4. The van der Waals surface area contributed by atoms with Crippen LogP contribution in [0.4, 0.5) is 5.13 Å². The zero-order valence-corrected chi connectivity index (χ0v) is 17.5. The third-order valence-corrected chi connectivity index (χ3v) is 6.26. The second-order valence-corrected chi connectivity index (χ2v) is 8.54. The first kappa shape index (κ1) is 19.6. The number of anilines is 1. The third-order valence-electron chi connectivity index (χ3n) is 5.29. The number of rotatable bonds is 5. The largest absolute Gasteiger partial charge is 0.347 e. The average molecular weight is 412 g/mol. The van der Waals surface area contributed by atoms with Gasteiger partial charge in [-0.15, -0.1) is 5.10 Å². The highest BCUT2D eigenvalue weighted by atomic mass is 32.1. The van der Waals surface area contributed by atoms with Crippen molar-refractivity contribution in [3.8, 4) is 0 Å². The fourth-order valence-corrected chi connectivity index (χ4v) is 4.57. The Kier molecular flexibility index (Phi) is 5.62. The minimum absolute atomic E-state index is 0.220. The summed E-state index contributed by atoms with van der Waals surface area (Å²) in [6, 6.07) is 9.38. The summed E-state index contributed by atoms with van der Waals surface area (Å²) in [7, 11) is 0. The summed E-state index contributed by atoms with van der Waals surface area (Å²) >= 11 is 1.36. The summed E-state index contributed by atoms with van der Waals surface area (Å²) < 4.78 is 1.50. The highest BCUT2D eigenvalue weighted by Gasteiger charge is 2.22. The Labute approximate surface area is 173 Å². The Balaban J connectivity index is 1.56. The van der Waals surface area contributed by atoms with E-state index < -0.39 is 5.56 Å². The first-order valence-electron chi connectivity index (χ1n) is 10.1. The fourth-order valence-electron chi connectivity index (χ4n) is 3.62. The number of amides is 1. The van der Waals surface area contributed by atoms with Crippen LogP contribution in [0.1, 0.15) is 48.3 Å². The maximum Gasteiger partial charge on any atom is 0.274 e. The van der Waals surface area contributed by atoms with E-state index in [0.717, 1.165) is 36.6 Å². The Morgan fingerprint density at radius 3 is 2.76 bits per heavy atom. The monoisotopic (exact) mass is 411 g/mol. The topological polar surface area (TPSA) is 79.6 Å². The van der Waals surface area contributed by atoms with E-state index in [0.29, 0.717) is 17.4 Å². The predicted molar refractivity (Wildman–Crippen MR) is 115 cm³/mol. The Morgan fingerprint density at radius 2 is 2.03 bits per heavy atom. The molecule has 1 saturated heterocycles. The molecule has 152 valence electrons. The van der Waals surface area contributed by atoms with Gasteiger partial charge in [0, 0.05) is 25.7 Å². The summed E-state index contributed by atoms with van der Waals surface area (Å²) in [6.07, 6.45) is 3.31. The van der Waals surface area contributed by atoms with Crippen molar-refractivity contribution in [3.63, 3.8) is 0 Å². The number of hydrogen-bond donors (Lipinski definition) is 1. The van der Waals surface area contributed by atoms with Crippen molar-refractivity contribution in [2.45, 2.75) is 39.7 Å². The minimum Gasteiger partial charge on any atom is -0.347 e. The number of nitrogens with one attached hydrogen (secondary N) is 1. The first-order chi connectivity index (χ1) is 14.0. The lowest BCUT2D eigenvalue weighted by atomic mass is 10.0. The van der Waals surface area contributed by atoms with Crippen molar-refractivity contribution in [3.05, 3.63) is 57.5 Å². The van der Waals surface area contributed by atoms with Crippen molar-refractivity contribution in [1.29, 1.82) is 0 Å². The summed E-state index contributed by atoms with van der Waals surface area (Å²) in [4.78, 5) is 31.6. The third kappa shape index (κ3) is 4.32. The predicted octanol–water partition coefficient (Wildman–Crippen LogP) is 2.88. The van der Waals surface area contributed by atoms with Gasteiger partial charge in [-0.3, -0.25) is 9.59 Å². The van der Waals surface area contributed by atoms with Gasteiger partial charge in [-0.25, -0.2) is 0 Å². The van der Waals surface area contributed by atoms with Crippen LogP contribution in [0.2, 0.25) is 0 Å². The van der Waals surface area contributed by atoms with Crippen LogP contribution in [0.25, 0.3) is 4.96 Å². The number of fused-ring (bicyclic) bond motifs is 1. The lowest BCUT2D eigenvalue weighted by Crippen LogP contribution is -2.34. The van der Waals surface area contributed by atoms with E-state index >= 15 is 0 Å². The number of aryl methyl sites for hydroxylation is 1. The molecule has 1 unspecified atom stereocenters. The van der Waals surface area contributed by atoms with Gasteiger partial charge in [0.05, 0.1) is 0 Å². The molecule has 1 aromatic carbocycles. The van der Waals surface area contributed by atoms with E-state index in [1.165, 1.54) is 33.9 Å². The van der Waals surface area contributed by atoms with Gasteiger partial charge in [0.2, 0.25) is 10.1 Å². The summed E-state index contributed by atoms with van der Waals surface area (Å²) in [5.41, 5.74) is 2.06. The molecule has 1 atom stereocenters. The van der Waals surface area contributed by atoms with Gasteiger partial charge in [-0.2, -0.15) is 9.50 Å². The van der Waals surface area contributed by atoms with Crippen LogP contribution in [-0.2, 0) is 13.0 Å². The number of hydrogen-bond acceptors (Lipinski definition) is 6. The van der Waals surface area contributed by atoms with Gasteiger partial charge in [0.25, 0.3) is 11.5 Å². The zero-order valence-electron chi connectivity index (χ0n) is 16.7. The molecule has 8 heteroatoms. The maximum atomic E-state index is 12.8. The highest BCUT2D eigenvalue weighted by molar-refractivity contribution is 7.20. The van der Waals surface area contributed by atoms with Gasteiger partial charge in [-0.05, 0) is 36.3 Å². The summed E-state index contributed by atoms with van der Waals surface area (Å²) in [6.45, 7) is 6.59. The molecular formula is C21H25N5O2S. The van der Waals surface area contributed by atoms with Crippen molar-refractivity contribution in [1.82, 2.24) is 19.9 Å². The Morgan fingerprint density at radius 1 is 1.28 bits per heavy atom. The maximum absolute atomic E-state index is 12.8. The first-order valence-corrected chi connectivity index (χ1v) is 10.9. The molecule has 2 aromatic heterocycles. The molecule has 0 spiro atoms. The Hall–Kier alpha value is -2.74. The van der Waals surface area contributed by atoms with Crippen LogP contribution in [0, 0.1) is 5.92 Å². The quantitative estimate of drug-likeness (QED) is 0.698. The molecule has 1 aliphatic rings. The van der Waals surface area contributed by atoms with Crippen molar-refractivity contribution < 1.29 is 4.79 Å². The number of carbonyl (C=O) groups is 1. The number of carbonyl (C=O) groups excluding carboxylic acids is 1. The van der Waals surface area contributed by atoms with E-state index in [9.17, 15) is 9.59 Å². The number of piperidine rings is 1. The van der Waals surface area contributed by atoms with Crippen LogP contribution < -0.4 is 15.8 Å². The summed E-state index contributed by atoms with van der Waals surface area (Å²) in [5, 5.41) is 8.31. The molecule has 3 aromatic rings. The SMILES string of the molecule is CCc1ccc(CNC(=O)c2cc(=O)nc3sc(N4CCCC(C)C4)nn23)cc1. The van der Waals surface area contributed by atoms with Crippen molar-refractivity contribution in [2.75, 3.05) is 18.0 Å². The Bertz CT molecular complexity index is 1070. The lowest BCUT2D eigenvalue weighted by Gasteiger charge is -2.30. The number of benzene rings is 1. The second kappa shape index (κ2) is 8.32. The van der Waals surface area contributed by atoms with Crippen molar-refractivity contribution in [2.24, 2.45) is 5.92 Å². The van der Waals surface area contributed by atoms with Crippen LogP contribution in [-0.4, -0.2) is 33.6 Å². The van der Waals surface area contributed by atoms with Crippen LogP contribution in [0.5, 0.6) is 0 Å². The van der Waals surface area contributed by atoms with Gasteiger partial charge in [0.1, 0.15) is 5.69 Å². The molecule has 1 fully saturated rings. The normalized spacial score (nSPS) is 16.9. The molecule has 7 nitrogen and oxygen atoms in total. The molecule has 0 saturated carbocycles. The van der Waals surface area contributed by atoms with Gasteiger partial charge in [0.15, 0.2) is 0 Å². The van der Waals surface area contributed by atoms with Gasteiger partial charge in [-0.1, -0.05) is 49.4 Å². The molecule has 0 bridgehead atoms. The fraction of sp³-hybridized carbons (Fsp3) is 0.429. The highest BCUT2D eigenvalue weighted by Crippen LogP contribution is 2.27. The molecule has 3 heterocycles. The van der Waals surface area contributed by atoms with Gasteiger partial charge >= 0.3 is 0 Å². The van der Waals surface area contributed by atoms with E-state index in [4.69, 9.17) is 0 Å². The molecule has 0 radical (unpaired) electrons. The van der Waals surface area contributed by atoms with Gasteiger partial charge < -0.3 is 10.2 Å². The molecule has 1 N–H and O–H groups in total. The molecule has 1 amide bonds. The van der Waals surface area contributed by atoms with Crippen LogP contribution in [0.15, 0.2) is 35.1 Å². The average Bonchev–Trinajstić information content (AvgIpc) is 3.15. The van der Waals surface area contributed by atoms with Crippen LogP contribution >= 0.6 is 11.3 Å². The van der Waals surface area contributed by atoms with Crippen molar-refractivity contribution >= 4 is 27.3 Å². The van der Waals surface area contributed by atoms with E-state index in [2.05, 4.69) is 46.3 Å².